The van der Waals surface area contributed by atoms with Crippen LogP contribution in [-0.4, -0.2) is 38.4 Å². The summed E-state index contributed by atoms with van der Waals surface area (Å²) in [5.74, 6) is 2.21. The average Bonchev–Trinajstić information content (AvgIpc) is 3.04. The molecule has 0 heterocycles. The number of benzene rings is 2. The summed E-state index contributed by atoms with van der Waals surface area (Å²) in [4.78, 5) is 0. The molecule has 0 aliphatic carbocycles. The molecule has 0 amide bonds. The molecule has 0 aromatic heterocycles. The Balaban J connectivity index is 2.62. The van der Waals surface area contributed by atoms with Gasteiger partial charge in [0.2, 0.25) is 0 Å². The molecule has 0 radical (unpaired) electrons. The van der Waals surface area contributed by atoms with E-state index in [1.807, 2.05) is 0 Å². The Morgan fingerprint density at radius 1 is 0.444 bits per heavy atom. The van der Waals surface area contributed by atoms with E-state index < -0.39 is 38.4 Å². The molecule has 0 atom stereocenters. The first-order valence-electron chi connectivity index (χ1n) is 19.1. The van der Waals surface area contributed by atoms with Gasteiger partial charge in [0.05, 0.1) is 0 Å². The van der Waals surface area contributed by atoms with Crippen LogP contribution in [0.4, 0.5) is 0 Å². The molecule has 5 heteroatoms. The third-order valence-corrected chi connectivity index (χ3v) is 42.0. The number of unbranched alkanes of at least 4 members (excludes halogenated alkanes) is 8. The summed E-state index contributed by atoms with van der Waals surface area (Å²) in [6.07, 6.45) is 19.3. The maximum absolute atomic E-state index is 8.00. The van der Waals surface area contributed by atoms with E-state index in [4.69, 9.17) is 7.56 Å². The minimum atomic E-state index is -3.67. The zero-order valence-electron chi connectivity index (χ0n) is 30.8. The maximum atomic E-state index is 8.00. The van der Waals surface area contributed by atoms with Gasteiger partial charge in [-0.25, -0.2) is 0 Å². The van der Waals surface area contributed by atoms with Crippen LogP contribution in [-0.2, 0) is 14.3 Å². The zero-order chi connectivity index (χ0) is 33.0. The van der Waals surface area contributed by atoms with Gasteiger partial charge in [-0.1, -0.05) is 0 Å². The van der Waals surface area contributed by atoms with Gasteiger partial charge in [0, 0.05) is 0 Å². The SMILES string of the molecule is CCCCCc1cccc([O][Sn]([CH2]CCC)([CH2]CCC)[O][Sn]([CH2]CCC)([CH2]CCC)[O]c2cccc(CCCCC)c2C)c1C. The molecule has 0 spiro atoms. The summed E-state index contributed by atoms with van der Waals surface area (Å²) in [6, 6.07) is 13.6. The Hall–Kier alpha value is -0.403. The van der Waals surface area contributed by atoms with Crippen molar-refractivity contribution in [1.82, 2.24) is 0 Å². The van der Waals surface area contributed by atoms with Crippen LogP contribution in [0.15, 0.2) is 36.4 Å². The first-order chi connectivity index (χ1) is 21.8. The van der Waals surface area contributed by atoms with E-state index in [1.165, 1.54) is 112 Å². The van der Waals surface area contributed by atoms with E-state index in [1.54, 1.807) is 0 Å². The van der Waals surface area contributed by atoms with Crippen molar-refractivity contribution in [3.05, 3.63) is 58.7 Å². The summed E-state index contributed by atoms with van der Waals surface area (Å²) in [7, 11) is 0. The number of rotatable bonds is 26. The summed E-state index contributed by atoms with van der Waals surface area (Å²) in [5.41, 5.74) is 5.58. The third-order valence-electron chi connectivity index (χ3n) is 9.50. The molecule has 3 nitrogen and oxygen atoms in total. The van der Waals surface area contributed by atoms with E-state index in [9.17, 15) is 0 Å². The van der Waals surface area contributed by atoms with Crippen molar-refractivity contribution in [2.24, 2.45) is 0 Å². The molecule has 0 bridgehead atoms. The van der Waals surface area contributed by atoms with Crippen molar-refractivity contribution in [3.63, 3.8) is 0 Å². The summed E-state index contributed by atoms with van der Waals surface area (Å²) in [5, 5.41) is 0. The molecule has 0 saturated carbocycles. The first kappa shape index (κ1) is 40.8. The van der Waals surface area contributed by atoms with Gasteiger partial charge in [-0.3, -0.25) is 0 Å². The standard InChI is InChI=1S/2C12H18O.4C4H9.O.2Sn/c2*1-3-4-5-7-11-8-6-9-12(13)10(11)2;4*1-3-4-2;;;/h2*6,8-9,13H,3-5,7H2,1-2H3;4*1,3-4H2,2H3;;;/q;;;;;;;2*+1/p-2. The number of hydrogen-bond acceptors (Lipinski definition) is 3. The Morgan fingerprint density at radius 2 is 0.778 bits per heavy atom. The van der Waals surface area contributed by atoms with Crippen LogP contribution in [0.2, 0.25) is 17.7 Å². The predicted octanol–water partition coefficient (Wildman–Crippen LogP) is 13.3. The van der Waals surface area contributed by atoms with Crippen molar-refractivity contribution in [2.45, 2.75) is 176 Å². The Morgan fingerprint density at radius 3 is 1.09 bits per heavy atom. The van der Waals surface area contributed by atoms with Crippen LogP contribution < -0.4 is 6.15 Å². The topological polar surface area (TPSA) is 27.7 Å². The molecule has 0 N–H and O–H groups in total. The van der Waals surface area contributed by atoms with Gasteiger partial charge >= 0.3 is 292 Å². The van der Waals surface area contributed by atoms with Crippen molar-refractivity contribution >= 4 is 38.4 Å². The molecule has 2 aromatic carbocycles. The fourth-order valence-corrected chi connectivity index (χ4v) is 48.5. The van der Waals surface area contributed by atoms with E-state index in [0.29, 0.717) is 0 Å². The van der Waals surface area contributed by atoms with E-state index in [0.717, 1.165) is 42.1 Å². The number of aryl methyl sites for hydroxylation is 2. The van der Waals surface area contributed by atoms with Gasteiger partial charge in [0.1, 0.15) is 0 Å². The Kier molecular flexibility index (Phi) is 20.9. The fourth-order valence-electron chi connectivity index (χ4n) is 6.44. The molecule has 0 unspecified atom stereocenters. The summed E-state index contributed by atoms with van der Waals surface area (Å²) < 4.78 is 27.5. The molecule has 256 valence electrons. The van der Waals surface area contributed by atoms with Gasteiger partial charge in [-0.15, -0.1) is 0 Å². The monoisotopic (exact) mass is 838 g/mol. The minimum absolute atomic E-state index is 1.10. The van der Waals surface area contributed by atoms with E-state index >= 15 is 0 Å². The van der Waals surface area contributed by atoms with Crippen molar-refractivity contribution in [3.8, 4) is 11.5 Å². The summed E-state index contributed by atoms with van der Waals surface area (Å²) in [6.45, 7) is 18.5. The predicted molar refractivity (Wildman–Crippen MR) is 202 cm³/mol. The Bertz CT molecular complexity index is 970. The van der Waals surface area contributed by atoms with Crippen molar-refractivity contribution in [1.29, 1.82) is 0 Å². The molecular weight excluding hydrogens is 766 g/mol. The van der Waals surface area contributed by atoms with Crippen molar-refractivity contribution < 1.29 is 7.56 Å². The Labute approximate surface area is 289 Å². The van der Waals surface area contributed by atoms with Crippen LogP contribution in [0.1, 0.15) is 154 Å². The summed E-state index contributed by atoms with van der Waals surface area (Å²) >= 11 is -7.34. The molecule has 0 aliphatic rings. The molecule has 0 aliphatic heterocycles. The van der Waals surface area contributed by atoms with Gasteiger partial charge in [-0.05, 0) is 0 Å². The van der Waals surface area contributed by atoms with Gasteiger partial charge in [0.25, 0.3) is 0 Å². The van der Waals surface area contributed by atoms with E-state index in [2.05, 4.69) is 91.8 Å². The van der Waals surface area contributed by atoms with Crippen LogP contribution in [0.25, 0.3) is 0 Å². The molecule has 0 fully saturated rings. The fraction of sp³-hybridized carbons (Fsp3) is 0.700. The van der Waals surface area contributed by atoms with Gasteiger partial charge in [-0.2, -0.15) is 0 Å². The molecule has 45 heavy (non-hydrogen) atoms. The second-order valence-corrected chi connectivity index (χ2v) is 35.3. The van der Waals surface area contributed by atoms with Gasteiger partial charge in [0.15, 0.2) is 0 Å². The van der Waals surface area contributed by atoms with Gasteiger partial charge < -0.3 is 0 Å². The van der Waals surface area contributed by atoms with Crippen LogP contribution >= 0.6 is 0 Å². The average molecular weight is 836 g/mol. The second-order valence-electron chi connectivity index (χ2n) is 13.5. The second kappa shape index (κ2) is 23.0. The van der Waals surface area contributed by atoms with E-state index in [-0.39, 0.29) is 0 Å². The molecule has 2 aromatic rings. The van der Waals surface area contributed by atoms with Crippen LogP contribution in [0, 0.1) is 13.8 Å². The first-order valence-corrected chi connectivity index (χ1v) is 31.8. The normalized spacial score (nSPS) is 12.1. The molecule has 0 saturated heterocycles. The molecule has 2 rings (SSSR count). The third kappa shape index (κ3) is 13.9. The molecular formula is C40H70O3Sn2. The van der Waals surface area contributed by atoms with Crippen LogP contribution in [0.5, 0.6) is 11.5 Å². The zero-order valence-corrected chi connectivity index (χ0v) is 36.5. The van der Waals surface area contributed by atoms with Crippen LogP contribution in [0.3, 0.4) is 0 Å². The number of hydrogen-bond donors (Lipinski definition) is 0. The van der Waals surface area contributed by atoms with Crippen molar-refractivity contribution in [2.75, 3.05) is 0 Å². The quantitative estimate of drug-likeness (QED) is 0.0698.